The number of benzene rings is 1. The Kier molecular flexibility index (Phi) is 3.97. The molecule has 0 aromatic heterocycles. The molecule has 0 aliphatic carbocycles. The first-order chi connectivity index (χ1) is 7.09. The van der Waals surface area contributed by atoms with Gasteiger partial charge in [0.1, 0.15) is 5.82 Å². The van der Waals surface area contributed by atoms with Crippen molar-refractivity contribution in [2.24, 2.45) is 11.0 Å². The maximum Gasteiger partial charge on any atom is 0.242 e. The van der Waals surface area contributed by atoms with Crippen molar-refractivity contribution in [1.29, 1.82) is 0 Å². The summed E-state index contributed by atoms with van der Waals surface area (Å²) in [7, 11) is 0. The first-order valence-electron chi connectivity index (χ1n) is 4.68. The summed E-state index contributed by atoms with van der Waals surface area (Å²) in [5.74, 6) is -0.540. The van der Waals surface area contributed by atoms with E-state index in [2.05, 4.69) is 10.5 Å². The predicted molar refractivity (Wildman–Crippen MR) is 57.0 cm³/mol. The molecule has 1 aromatic rings. The summed E-state index contributed by atoms with van der Waals surface area (Å²) in [4.78, 5) is 11.1. The minimum absolute atomic E-state index is 0.102. The number of carbonyl (C=O) groups excluding carboxylic acids is 1. The van der Waals surface area contributed by atoms with Crippen LogP contribution in [0.1, 0.15) is 19.4 Å². The van der Waals surface area contributed by atoms with Gasteiger partial charge in [0, 0.05) is 5.92 Å². The van der Waals surface area contributed by atoms with Crippen molar-refractivity contribution in [2.75, 3.05) is 0 Å². The van der Waals surface area contributed by atoms with Crippen LogP contribution in [0.4, 0.5) is 4.39 Å². The van der Waals surface area contributed by atoms with Crippen LogP contribution in [0.5, 0.6) is 0 Å². The quantitative estimate of drug-likeness (QED) is 0.598. The molecule has 3 nitrogen and oxygen atoms in total. The molecule has 1 aromatic carbocycles. The summed E-state index contributed by atoms with van der Waals surface area (Å²) in [6.45, 7) is 3.56. The van der Waals surface area contributed by atoms with Gasteiger partial charge in [0.2, 0.25) is 5.91 Å². The zero-order chi connectivity index (χ0) is 11.3. The van der Waals surface area contributed by atoms with E-state index in [1.54, 1.807) is 26.0 Å². The summed E-state index contributed by atoms with van der Waals surface area (Å²) >= 11 is 0. The number of hydrogen-bond acceptors (Lipinski definition) is 2. The maximum atomic E-state index is 12.5. The third kappa shape index (κ3) is 3.89. The van der Waals surface area contributed by atoms with E-state index in [0.717, 1.165) is 5.56 Å². The first-order valence-corrected chi connectivity index (χ1v) is 4.68. The van der Waals surface area contributed by atoms with Crippen LogP contribution in [-0.2, 0) is 4.79 Å². The molecule has 80 valence electrons. The van der Waals surface area contributed by atoms with Crippen molar-refractivity contribution < 1.29 is 9.18 Å². The molecule has 0 bridgehead atoms. The Bertz CT molecular complexity index is 357. The van der Waals surface area contributed by atoms with E-state index < -0.39 is 0 Å². The molecule has 15 heavy (non-hydrogen) atoms. The van der Waals surface area contributed by atoms with Gasteiger partial charge in [-0.25, -0.2) is 9.82 Å². The highest BCUT2D eigenvalue weighted by molar-refractivity contribution is 5.82. The second-order valence-electron chi connectivity index (χ2n) is 3.44. The predicted octanol–water partition coefficient (Wildman–Crippen LogP) is 1.93. The van der Waals surface area contributed by atoms with Gasteiger partial charge in [-0.15, -0.1) is 0 Å². The zero-order valence-corrected chi connectivity index (χ0v) is 8.70. The maximum absolute atomic E-state index is 12.5. The molecule has 4 heteroatoms. The molecular formula is C11H13FN2O. The SMILES string of the molecule is CC(C)C(=O)N/N=C/c1ccc(F)cc1. The number of amides is 1. The van der Waals surface area contributed by atoms with E-state index >= 15 is 0 Å². The van der Waals surface area contributed by atoms with E-state index in [4.69, 9.17) is 0 Å². The minimum atomic E-state index is -0.293. The summed E-state index contributed by atoms with van der Waals surface area (Å²) in [5, 5.41) is 3.75. The Morgan fingerprint density at radius 1 is 1.40 bits per heavy atom. The van der Waals surface area contributed by atoms with Crippen LogP contribution < -0.4 is 5.43 Å². The lowest BCUT2D eigenvalue weighted by Gasteiger charge is -2.00. The van der Waals surface area contributed by atoms with Crippen LogP contribution in [0, 0.1) is 11.7 Å². The van der Waals surface area contributed by atoms with Crippen LogP contribution >= 0.6 is 0 Å². The van der Waals surface area contributed by atoms with E-state index in [1.165, 1.54) is 18.3 Å². The van der Waals surface area contributed by atoms with Crippen molar-refractivity contribution in [3.8, 4) is 0 Å². The highest BCUT2D eigenvalue weighted by Gasteiger charge is 2.03. The molecule has 0 radical (unpaired) electrons. The largest absolute Gasteiger partial charge is 0.273 e. The molecular weight excluding hydrogens is 195 g/mol. The minimum Gasteiger partial charge on any atom is -0.273 e. The zero-order valence-electron chi connectivity index (χ0n) is 8.70. The monoisotopic (exact) mass is 208 g/mol. The third-order valence-electron chi connectivity index (χ3n) is 1.78. The van der Waals surface area contributed by atoms with Gasteiger partial charge in [-0.3, -0.25) is 4.79 Å². The number of nitrogens with zero attached hydrogens (tertiary/aromatic N) is 1. The fraction of sp³-hybridized carbons (Fsp3) is 0.273. The number of hydrazone groups is 1. The smallest absolute Gasteiger partial charge is 0.242 e. The number of nitrogens with one attached hydrogen (secondary N) is 1. The molecule has 0 aliphatic rings. The van der Waals surface area contributed by atoms with E-state index in [1.807, 2.05) is 0 Å². The van der Waals surface area contributed by atoms with Gasteiger partial charge in [-0.05, 0) is 17.7 Å². The van der Waals surface area contributed by atoms with Gasteiger partial charge in [-0.2, -0.15) is 5.10 Å². The highest BCUT2D eigenvalue weighted by atomic mass is 19.1. The van der Waals surface area contributed by atoms with Crippen LogP contribution in [-0.4, -0.2) is 12.1 Å². The standard InChI is InChI=1S/C11H13FN2O/c1-8(2)11(15)14-13-7-9-3-5-10(12)6-4-9/h3-8H,1-2H3,(H,14,15)/b13-7+. The van der Waals surface area contributed by atoms with Crippen molar-refractivity contribution >= 4 is 12.1 Å². The summed E-state index contributed by atoms with van der Waals surface area (Å²) in [6, 6.07) is 5.85. The summed E-state index contributed by atoms with van der Waals surface area (Å²) in [6.07, 6.45) is 1.47. The van der Waals surface area contributed by atoms with Crippen LogP contribution in [0.3, 0.4) is 0 Å². The molecule has 0 heterocycles. The molecule has 0 atom stereocenters. The molecule has 0 spiro atoms. The van der Waals surface area contributed by atoms with Crippen LogP contribution in [0.15, 0.2) is 29.4 Å². The Balaban J connectivity index is 2.51. The van der Waals surface area contributed by atoms with E-state index in [9.17, 15) is 9.18 Å². The first kappa shape index (κ1) is 11.4. The number of halogens is 1. The van der Waals surface area contributed by atoms with Gasteiger partial charge in [0.25, 0.3) is 0 Å². The van der Waals surface area contributed by atoms with Gasteiger partial charge in [0.15, 0.2) is 0 Å². The van der Waals surface area contributed by atoms with Crippen molar-refractivity contribution in [3.05, 3.63) is 35.6 Å². The van der Waals surface area contributed by atoms with Gasteiger partial charge in [0.05, 0.1) is 6.21 Å². The van der Waals surface area contributed by atoms with Crippen molar-refractivity contribution in [3.63, 3.8) is 0 Å². The average Bonchev–Trinajstić information content (AvgIpc) is 2.20. The summed E-state index contributed by atoms with van der Waals surface area (Å²) in [5.41, 5.74) is 3.12. The van der Waals surface area contributed by atoms with Crippen molar-refractivity contribution in [1.82, 2.24) is 5.43 Å². The fourth-order valence-electron chi connectivity index (χ4n) is 0.848. The van der Waals surface area contributed by atoms with Crippen LogP contribution in [0.25, 0.3) is 0 Å². The van der Waals surface area contributed by atoms with Gasteiger partial charge >= 0.3 is 0 Å². The van der Waals surface area contributed by atoms with Gasteiger partial charge in [-0.1, -0.05) is 26.0 Å². The third-order valence-corrected chi connectivity index (χ3v) is 1.78. The topological polar surface area (TPSA) is 41.5 Å². The molecule has 0 unspecified atom stereocenters. The lowest BCUT2D eigenvalue weighted by molar-refractivity contribution is -0.123. The molecule has 0 aliphatic heterocycles. The Hall–Kier alpha value is -1.71. The molecule has 1 rings (SSSR count). The lowest BCUT2D eigenvalue weighted by Crippen LogP contribution is -2.22. The molecule has 0 saturated heterocycles. The number of carbonyl (C=O) groups is 1. The van der Waals surface area contributed by atoms with Crippen molar-refractivity contribution in [2.45, 2.75) is 13.8 Å². The Morgan fingerprint density at radius 2 is 2.00 bits per heavy atom. The normalized spacial score (nSPS) is 10.9. The molecule has 0 fully saturated rings. The lowest BCUT2D eigenvalue weighted by atomic mass is 10.2. The average molecular weight is 208 g/mol. The molecule has 1 N–H and O–H groups in total. The second kappa shape index (κ2) is 5.24. The number of rotatable bonds is 3. The Labute approximate surface area is 88.0 Å². The summed E-state index contributed by atoms with van der Waals surface area (Å²) < 4.78 is 12.5. The van der Waals surface area contributed by atoms with Gasteiger partial charge < -0.3 is 0 Å². The molecule has 0 saturated carbocycles. The Morgan fingerprint density at radius 3 is 2.53 bits per heavy atom. The molecule has 1 amide bonds. The van der Waals surface area contributed by atoms with Crippen LogP contribution in [0.2, 0.25) is 0 Å². The number of hydrogen-bond donors (Lipinski definition) is 1. The fourth-order valence-corrected chi connectivity index (χ4v) is 0.848. The van der Waals surface area contributed by atoms with E-state index in [0.29, 0.717) is 0 Å². The highest BCUT2D eigenvalue weighted by Crippen LogP contribution is 1.99. The second-order valence-corrected chi connectivity index (χ2v) is 3.44. The van der Waals surface area contributed by atoms with E-state index in [-0.39, 0.29) is 17.6 Å².